The van der Waals surface area contributed by atoms with Gasteiger partial charge >= 0.3 is 6.18 Å². The van der Waals surface area contributed by atoms with Crippen LogP contribution in [0, 0.1) is 6.92 Å². The Kier molecular flexibility index (Phi) is 4.98. The fourth-order valence-electron chi connectivity index (χ4n) is 2.26. The summed E-state index contributed by atoms with van der Waals surface area (Å²) >= 11 is 0. The number of aliphatic imine (C=N–C) groups is 1. The predicted octanol–water partition coefficient (Wildman–Crippen LogP) is 4.84. The second kappa shape index (κ2) is 6.77. The van der Waals surface area contributed by atoms with E-state index in [1.165, 1.54) is 24.4 Å². The highest BCUT2D eigenvalue weighted by atomic mass is 19.4. The van der Waals surface area contributed by atoms with Gasteiger partial charge in [-0.1, -0.05) is 42.0 Å². The van der Waals surface area contributed by atoms with E-state index in [9.17, 15) is 13.2 Å². The van der Waals surface area contributed by atoms with Crippen LogP contribution in [-0.2, 0) is 5.54 Å². The van der Waals surface area contributed by atoms with Gasteiger partial charge < -0.3 is 0 Å². The molecule has 0 aliphatic rings. The molecule has 2 nitrogen and oxygen atoms in total. The standard InChI is InChI=1S/C18H17F3N2/c1-3-11-17(18(19,20)21,15-9-7-14(2)8-10-15)23-13-16-6-4-5-12-22-16/h3-10,12-13H,1,11H2,2H3. The number of nitrogens with zero attached hydrogens (tertiary/aromatic N) is 2. The lowest BCUT2D eigenvalue weighted by molar-refractivity contribution is -0.187. The third-order valence-electron chi connectivity index (χ3n) is 3.54. The van der Waals surface area contributed by atoms with Crippen LogP contribution in [0.4, 0.5) is 13.2 Å². The van der Waals surface area contributed by atoms with Gasteiger partial charge in [-0.05, 0) is 24.6 Å². The lowest BCUT2D eigenvalue weighted by Crippen LogP contribution is -2.40. The molecule has 0 amide bonds. The van der Waals surface area contributed by atoms with Crippen molar-refractivity contribution in [3.63, 3.8) is 0 Å². The third kappa shape index (κ3) is 3.67. The van der Waals surface area contributed by atoms with Crippen LogP contribution in [-0.4, -0.2) is 17.4 Å². The summed E-state index contributed by atoms with van der Waals surface area (Å²) in [5.74, 6) is 0. The van der Waals surface area contributed by atoms with Gasteiger partial charge in [-0.15, -0.1) is 6.58 Å². The van der Waals surface area contributed by atoms with E-state index in [0.717, 1.165) is 11.8 Å². The summed E-state index contributed by atoms with van der Waals surface area (Å²) in [4.78, 5) is 7.89. The van der Waals surface area contributed by atoms with Crippen molar-refractivity contribution >= 4 is 6.21 Å². The van der Waals surface area contributed by atoms with Gasteiger partial charge in [0.15, 0.2) is 5.54 Å². The Balaban J connectivity index is 2.55. The van der Waals surface area contributed by atoms with E-state index < -0.39 is 11.7 Å². The van der Waals surface area contributed by atoms with Crippen molar-refractivity contribution < 1.29 is 13.2 Å². The fourth-order valence-corrected chi connectivity index (χ4v) is 2.26. The molecule has 23 heavy (non-hydrogen) atoms. The molecule has 0 fully saturated rings. The Bertz CT molecular complexity index is 676. The topological polar surface area (TPSA) is 25.2 Å². The number of hydrogen-bond acceptors (Lipinski definition) is 2. The van der Waals surface area contributed by atoms with E-state index in [2.05, 4.69) is 16.6 Å². The van der Waals surface area contributed by atoms with Crippen LogP contribution in [0.1, 0.15) is 23.2 Å². The minimum Gasteiger partial charge on any atom is -0.270 e. The minimum atomic E-state index is -4.55. The average Bonchev–Trinajstić information content (AvgIpc) is 2.52. The number of pyridine rings is 1. The molecule has 0 aliphatic heterocycles. The highest BCUT2D eigenvalue weighted by Gasteiger charge is 2.55. The fraction of sp³-hybridized carbons (Fsp3) is 0.222. The first-order chi connectivity index (χ1) is 10.9. The first-order valence-corrected chi connectivity index (χ1v) is 7.10. The molecular weight excluding hydrogens is 301 g/mol. The Labute approximate surface area is 133 Å². The Morgan fingerprint density at radius 2 is 1.83 bits per heavy atom. The molecule has 0 N–H and O–H groups in total. The minimum absolute atomic E-state index is 0.0858. The average molecular weight is 318 g/mol. The number of hydrogen-bond donors (Lipinski definition) is 0. The number of aromatic nitrogens is 1. The van der Waals surface area contributed by atoms with Gasteiger partial charge in [0.1, 0.15) is 0 Å². The number of benzene rings is 1. The molecule has 0 bridgehead atoms. The van der Waals surface area contributed by atoms with Crippen molar-refractivity contribution in [2.24, 2.45) is 4.99 Å². The summed E-state index contributed by atoms with van der Waals surface area (Å²) in [6.45, 7) is 5.29. The molecule has 1 aromatic heterocycles. The maximum Gasteiger partial charge on any atom is 0.418 e. The molecule has 2 rings (SSSR count). The Hall–Kier alpha value is -2.43. The van der Waals surface area contributed by atoms with Gasteiger partial charge in [0.05, 0.1) is 5.69 Å². The summed E-state index contributed by atoms with van der Waals surface area (Å²) in [7, 11) is 0. The summed E-state index contributed by atoms with van der Waals surface area (Å²) in [5.41, 5.74) is -1.02. The highest BCUT2D eigenvalue weighted by molar-refractivity contribution is 5.77. The molecule has 1 aromatic carbocycles. The Morgan fingerprint density at radius 1 is 1.13 bits per heavy atom. The van der Waals surface area contributed by atoms with E-state index in [1.54, 1.807) is 30.3 Å². The van der Waals surface area contributed by atoms with Crippen LogP contribution in [0.3, 0.4) is 0 Å². The zero-order valence-corrected chi connectivity index (χ0v) is 12.7. The molecule has 120 valence electrons. The molecule has 1 unspecified atom stereocenters. The summed E-state index contributed by atoms with van der Waals surface area (Å²) in [5, 5.41) is 0. The normalized spacial score (nSPS) is 14.6. The van der Waals surface area contributed by atoms with Crippen molar-refractivity contribution in [3.8, 4) is 0 Å². The molecular formula is C18H17F3N2. The molecule has 0 radical (unpaired) electrons. The van der Waals surface area contributed by atoms with E-state index in [1.807, 2.05) is 6.92 Å². The highest BCUT2D eigenvalue weighted by Crippen LogP contribution is 2.45. The van der Waals surface area contributed by atoms with Crippen LogP contribution < -0.4 is 0 Å². The van der Waals surface area contributed by atoms with Crippen molar-refractivity contribution in [3.05, 3.63) is 78.1 Å². The molecule has 0 aliphatic carbocycles. The smallest absolute Gasteiger partial charge is 0.270 e. The lowest BCUT2D eigenvalue weighted by atomic mass is 9.86. The molecule has 0 saturated heterocycles. The molecule has 1 heterocycles. The van der Waals surface area contributed by atoms with E-state index in [-0.39, 0.29) is 12.0 Å². The van der Waals surface area contributed by atoms with Crippen LogP contribution in [0.2, 0.25) is 0 Å². The predicted molar refractivity (Wildman–Crippen MR) is 85.6 cm³/mol. The van der Waals surface area contributed by atoms with Gasteiger partial charge in [0.25, 0.3) is 0 Å². The maximum absolute atomic E-state index is 13.9. The first-order valence-electron chi connectivity index (χ1n) is 7.10. The Morgan fingerprint density at radius 3 is 2.35 bits per heavy atom. The monoisotopic (exact) mass is 318 g/mol. The van der Waals surface area contributed by atoms with Crippen LogP contribution in [0.5, 0.6) is 0 Å². The number of aryl methyl sites for hydroxylation is 1. The second-order valence-electron chi connectivity index (χ2n) is 5.23. The summed E-state index contributed by atoms with van der Waals surface area (Å²) in [6, 6.07) is 11.2. The van der Waals surface area contributed by atoms with E-state index in [4.69, 9.17) is 0 Å². The summed E-state index contributed by atoms with van der Waals surface area (Å²) in [6.07, 6.45) is -0.986. The van der Waals surface area contributed by atoms with Gasteiger partial charge in [0, 0.05) is 18.8 Å². The number of halogens is 3. The zero-order chi connectivity index (χ0) is 16.9. The first kappa shape index (κ1) is 16.9. The van der Waals surface area contributed by atoms with E-state index in [0.29, 0.717) is 5.69 Å². The molecule has 5 heteroatoms. The van der Waals surface area contributed by atoms with Crippen LogP contribution in [0.25, 0.3) is 0 Å². The SMILES string of the molecule is C=CCC(N=Cc1ccccn1)(c1ccc(C)cc1)C(F)(F)F. The third-order valence-corrected chi connectivity index (χ3v) is 3.54. The van der Waals surface area contributed by atoms with Crippen molar-refractivity contribution in [1.29, 1.82) is 0 Å². The van der Waals surface area contributed by atoms with Gasteiger partial charge in [0.2, 0.25) is 0 Å². The van der Waals surface area contributed by atoms with Crippen molar-refractivity contribution in [1.82, 2.24) is 4.98 Å². The van der Waals surface area contributed by atoms with Gasteiger partial charge in [-0.2, -0.15) is 13.2 Å². The van der Waals surface area contributed by atoms with Crippen LogP contribution in [0.15, 0.2) is 66.3 Å². The maximum atomic E-state index is 13.9. The largest absolute Gasteiger partial charge is 0.418 e. The van der Waals surface area contributed by atoms with Crippen LogP contribution >= 0.6 is 0 Å². The molecule has 0 spiro atoms. The van der Waals surface area contributed by atoms with Crippen molar-refractivity contribution in [2.75, 3.05) is 0 Å². The summed E-state index contributed by atoms with van der Waals surface area (Å²) < 4.78 is 41.6. The molecule has 1 atom stereocenters. The number of rotatable bonds is 5. The van der Waals surface area contributed by atoms with Gasteiger partial charge in [-0.3, -0.25) is 9.98 Å². The number of alkyl halides is 3. The zero-order valence-electron chi connectivity index (χ0n) is 12.7. The van der Waals surface area contributed by atoms with Crippen molar-refractivity contribution in [2.45, 2.75) is 25.1 Å². The second-order valence-corrected chi connectivity index (χ2v) is 5.23. The van der Waals surface area contributed by atoms with Gasteiger partial charge in [-0.25, -0.2) is 0 Å². The molecule has 2 aromatic rings. The quantitative estimate of drug-likeness (QED) is 0.572. The lowest BCUT2D eigenvalue weighted by Gasteiger charge is -2.31. The van der Waals surface area contributed by atoms with E-state index >= 15 is 0 Å². The molecule has 0 saturated carbocycles.